The van der Waals surface area contributed by atoms with Crippen LogP contribution in [0.15, 0.2) is 18.2 Å². The van der Waals surface area contributed by atoms with Crippen molar-refractivity contribution in [2.45, 2.75) is 6.92 Å². The summed E-state index contributed by atoms with van der Waals surface area (Å²) in [6.45, 7) is 1.63. The molecule has 0 radical (unpaired) electrons. The summed E-state index contributed by atoms with van der Waals surface area (Å²) in [5.41, 5.74) is 5.74. The van der Waals surface area contributed by atoms with E-state index in [1.807, 2.05) is 0 Å². The smallest absolute Gasteiger partial charge is 0.251 e. The van der Waals surface area contributed by atoms with Gasteiger partial charge >= 0.3 is 0 Å². The highest BCUT2D eigenvalue weighted by Crippen LogP contribution is 2.08. The summed E-state index contributed by atoms with van der Waals surface area (Å²) >= 11 is 0. The molecule has 7 nitrogen and oxygen atoms in total. The molecule has 0 spiro atoms. The van der Waals surface area contributed by atoms with Gasteiger partial charge in [-0.25, -0.2) is 4.39 Å². The Bertz CT molecular complexity index is 563. The van der Waals surface area contributed by atoms with Crippen LogP contribution in [-0.2, 0) is 9.59 Å². The molecule has 0 saturated carbocycles. The Balaban J connectivity index is 2.26. The lowest BCUT2D eigenvalue weighted by Crippen LogP contribution is -2.41. The van der Waals surface area contributed by atoms with Crippen LogP contribution in [0.3, 0.4) is 0 Å². The molecule has 1 aromatic rings. The molecule has 0 aliphatic heterocycles. The number of nitrogens with two attached hydrogens (primary N) is 1. The maximum atomic E-state index is 13.3. The number of nitrogens with one attached hydrogen (secondary N) is 3. The van der Waals surface area contributed by atoms with Crippen molar-refractivity contribution in [2.75, 3.05) is 26.2 Å². The molecule has 5 N–H and O–H groups in total. The van der Waals surface area contributed by atoms with Gasteiger partial charge in [-0.1, -0.05) is 6.07 Å². The minimum absolute atomic E-state index is 0.173. The van der Waals surface area contributed by atoms with Gasteiger partial charge in [-0.3, -0.25) is 14.4 Å². The van der Waals surface area contributed by atoms with E-state index in [4.69, 9.17) is 5.73 Å². The minimum atomic E-state index is -0.448. The highest BCUT2D eigenvalue weighted by atomic mass is 19.1. The van der Waals surface area contributed by atoms with E-state index in [0.717, 1.165) is 6.07 Å². The molecule has 0 atom stereocenters. The molecule has 0 heterocycles. The number of aryl methyl sites for hydroxylation is 1. The Morgan fingerprint density at radius 1 is 1.09 bits per heavy atom. The van der Waals surface area contributed by atoms with Crippen molar-refractivity contribution in [1.82, 2.24) is 16.0 Å². The summed E-state index contributed by atoms with van der Waals surface area (Å²) in [4.78, 5) is 33.9. The number of benzene rings is 1. The molecule has 8 heteroatoms. The first-order chi connectivity index (χ1) is 10.4. The molecule has 3 amide bonds. The topological polar surface area (TPSA) is 113 Å². The van der Waals surface area contributed by atoms with E-state index < -0.39 is 23.5 Å². The number of carbonyl (C=O) groups is 3. The molecule has 0 unspecified atom stereocenters. The second-order valence-corrected chi connectivity index (χ2v) is 4.55. The van der Waals surface area contributed by atoms with E-state index in [9.17, 15) is 18.8 Å². The SMILES string of the molecule is Cc1ccc(C(=O)NCCNC(=O)CNC(=O)CN)cc1F. The van der Waals surface area contributed by atoms with Crippen LogP contribution in [0.4, 0.5) is 4.39 Å². The number of hydrogen-bond acceptors (Lipinski definition) is 4. The first-order valence-electron chi connectivity index (χ1n) is 6.72. The number of hydrogen-bond donors (Lipinski definition) is 4. The lowest BCUT2D eigenvalue weighted by atomic mass is 10.1. The normalized spacial score (nSPS) is 9.95. The number of amides is 3. The maximum Gasteiger partial charge on any atom is 0.251 e. The molecule has 0 aliphatic carbocycles. The summed E-state index contributed by atoms with van der Waals surface area (Å²) in [5.74, 6) is -1.69. The molecule has 0 aromatic heterocycles. The quantitative estimate of drug-likeness (QED) is 0.487. The third-order valence-corrected chi connectivity index (χ3v) is 2.80. The summed E-state index contributed by atoms with van der Waals surface area (Å²) < 4.78 is 13.3. The standard InChI is InChI=1S/C14H19FN4O3/c1-9-2-3-10(6-11(9)15)14(22)18-5-4-17-13(21)8-19-12(20)7-16/h2-3,6H,4-5,7-8,16H2,1H3,(H,17,21)(H,18,22)(H,19,20). The Kier molecular flexibility index (Phi) is 6.97. The van der Waals surface area contributed by atoms with Crippen molar-refractivity contribution < 1.29 is 18.8 Å². The fraction of sp³-hybridized carbons (Fsp3) is 0.357. The Morgan fingerprint density at radius 3 is 2.41 bits per heavy atom. The molecule has 0 saturated heterocycles. The zero-order valence-electron chi connectivity index (χ0n) is 12.2. The first-order valence-corrected chi connectivity index (χ1v) is 6.72. The molecular weight excluding hydrogens is 291 g/mol. The highest BCUT2D eigenvalue weighted by molar-refractivity contribution is 5.94. The van der Waals surface area contributed by atoms with Gasteiger partial charge in [0.25, 0.3) is 5.91 Å². The van der Waals surface area contributed by atoms with Crippen molar-refractivity contribution in [1.29, 1.82) is 0 Å². The third-order valence-electron chi connectivity index (χ3n) is 2.80. The van der Waals surface area contributed by atoms with Crippen LogP contribution in [0.25, 0.3) is 0 Å². The summed E-state index contributed by atoms with van der Waals surface area (Å²) in [5, 5.41) is 7.37. The predicted molar refractivity (Wildman–Crippen MR) is 78.5 cm³/mol. The fourth-order valence-corrected chi connectivity index (χ4v) is 1.53. The molecular formula is C14H19FN4O3. The van der Waals surface area contributed by atoms with Crippen molar-refractivity contribution >= 4 is 17.7 Å². The fourth-order valence-electron chi connectivity index (χ4n) is 1.53. The Morgan fingerprint density at radius 2 is 1.77 bits per heavy atom. The van der Waals surface area contributed by atoms with Gasteiger partial charge in [0.15, 0.2) is 0 Å². The van der Waals surface area contributed by atoms with Gasteiger partial charge in [-0.05, 0) is 24.6 Å². The van der Waals surface area contributed by atoms with Crippen LogP contribution in [-0.4, -0.2) is 43.9 Å². The van der Waals surface area contributed by atoms with E-state index in [1.165, 1.54) is 12.1 Å². The largest absolute Gasteiger partial charge is 0.353 e. The maximum absolute atomic E-state index is 13.3. The summed E-state index contributed by atoms with van der Waals surface area (Å²) in [7, 11) is 0. The van der Waals surface area contributed by atoms with Gasteiger partial charge < -0.3 is 21.7 Å². The monoisotopic (exact) mass is 310 g/mol. The summed E-state index contributed by atoms with van der Waals surface area (Å²) in [6.07, 6.45) is 0. The van der Waals surface area contributed by atoms with E-state index in [2.05, 4.69) is 16.0 Å². The number of rotatable bonds is 7. The third kappa shape index (κ3) is 5.88. The second kappa shape index (κ2) is 8.73. The highest BCUT2D eigenvalue weighted by Gasteiger charge is 2.08. The number of halogens is 1. The van der Waals surface area contributed by atoms with Gasteiger partial charge in [0.1, 0.15) is 5.82 Å². The van der Waals surface area contributed by atoms with Gasteiger partial charge in [-0.2, -0.15) is 0 Å². The van der Waals surface area contributed by atoms with Crippen LogP contribution < -0.4 is 21.7 Å². The van der Waals surface area contributed by atoms with Crippen molar-refractivity contribution in [3.05, 3.63) is 35.1 Å². The van der Waals surface area contributed by atoms with Crippen LogP contribution in [0.2, 0.25) is 0 Å². The van der Waals surface area contributed by atoms with Gasteiger partial charge in [0.05, 0.1) is 13.1 Å². The molecule has 1 aromatic carbocycles. The van der Waals surface area contributed by atoms with E-state index >= 15 is 0 Å². The average molecular weight is 310 g/mol. The molecule has 0 fully saturated rings. The average Bonchev–Trinajstić information content (AvgIpc) is 2.51. The molecule has 1 rings (SSSR count). The second-order valence-electron chi connectivity index (χ2n) is 4.55. The van der Waals surface area contributed by atoms with Crippen LogP contribution in [0.1, 0.15) is 15.9 Å². The van der Waals surface area contributed by atoms with Crippen LogP contribution in [0.5, 0.6) is 0 Å². The predicted octanol–water partition coefficient (Wildman–Crippen LogP) is -0.945. The lowest BCUT2D eigenvalue weighted by Gasteiger charge is -2.08. The lowest BCUT2D eigenvalue weighted by molar-refractivity contribution is -0.125. The van der Waals surface area contributed by atoms with Crippen molar-refractivity contribution in [3.8, 4) is 0 Å². The minimum Gasteiger partial charge on any atom is -0.353 e. The zero-order chi connectivity index (χ0) is 16.5. The van der Waals surface area contributed by atoms with Gasteiger partial charge in [0.2, 0.25) is 11.8 Å². The van der Waals surface area contributed by atoms with Crippen molar-refractivity contribution in [3.63, 3.8) is 0 Å². The van der Waals surface area contributed by atoms with E-state index in [1.54, 1.807) is 6.92 Å². The Labute approximate surface area is 127 Å². The first kappa shape index (κ1) is 17.6. The van der Waals surface area contributed by atoms with Crippen LogP contribution in [0, 0.1) is 12.7 Å². The van der Waals surface area contributed by atoms with Gasteiger partial charge in [0, 0.05) is 18.7 Å². The van der Waals surface area contributed by atoms with Crippen LogP contribution >= 0.6 is 0 Å². The zero-order valence-corrected chi connectivity index (χ0v) is 12.2. The van der Waals surface area contributed by atoms with Crippen molar-refractivity contribution in [2.24, 2.45) is 5.73 Å². The van der Waals surface area contributed by atoms with E-state index in [0.29, 0.717) is 5.56 Å². The Hall–Kier alpha value is -2.48. The number of carbonyl (C=O) groups excluding carboxylic acids is 3. The van der Waals surface area contributed by atoms with Gasteiger partial charge in [-0.15, -0.1) is 0 Å². The molecule has 0 bridgehead atoms. The van der Waals surface area contributed by atoms with E-state index in [-0.39, 0.29) is 31.7 Å². The molecule has 120 valence electrons. The molecule has 22 heavy (non-hydrogen) atoms. The summed E-state index contributed by atoms with van der Waals surface area (Å²) in [6, 6.07) is 4.20. The molecule has 0 aliphatic rings.